The Balaban J connectivity index is 2.31. The number of carbonyl (C=O) groups excluding carboxylic acids is 3. The molecule has 0 aromatic rings. The van der Waals surface area contributed by atoms with Crippen LogP contribution in [0.4, 0.5) is 0 Å². The minimum absolute atomic E-state index is 0.0721. The van der Waals surface area contributed by atoms with E-state index in [1.165, 1.54) is 44.3 Å². The van der Waals surface area contributed by atoms with Crippen molar-refractivity contribution in [1.82, 2.24) is 10.4 Å². The van der Waals surface area contributed by atoms with Crippen LogP contribution in [0, 0.1) is 0 Å². The standard InChI is InChI=1S/C30H50N2O7/c1-7-19-36-25(33)24(26(34)37-20-8-2)39-32-28(3,4)22-30(23-29(32,5)6)27(35)31-18-16-14-12-10-9-11-13-15-17-21-38-30/h7-8,24H,1-2,9-23H2,3-6H3,(H,31,35). The van der Waals surface area contributed by atoms with Gasteiger partial charge < -0.3 is 19.5 Å². The summed E-state index contributed by atoms with van der Waals surface area (Å²) in [6.45, 7) is 15.7. The molecule has 9 nitrogen and oxygen atoms in total. The van der Waals surface area contributed by atoms with E-state index in [9.17, 15) is 14.4 Å². The van der Waals surface area contributed by atoms with Crippen LogP contribution in [0.1, 0.15) is 98.3 Å². The summed E-state index contributed by atoms with van der Waals surface area (Å²) >= 11 is 0. The molecule has 2 heterocycles. The highest BCUT2D eigenvalue weighted by atomic mass is 16.7. The summed E-state index contributed by atoms with van der Waals surface area (Å²) in [6, 6.07) is 0. The van der Waals surface area contributed by atoms with E-state index in [0.29, 0.717) is 26.0 Å². The number of esters is 2. The number of nitrogens with one attached hydrogen (secondary N) is 1. The van der Waals surface area contributed by atoms with Gasteiger partial charge in [0, 0.05) is 37.1 Å². The first kappa shape index (κ1) is 33.0. The number of hydrogen-bond acceptors (Lipinski definition) is 8. The van der Waals surface area contributed by atoms with Gasteiger partial charge in [-0.15, -0.1) is 0 Å². The molecule has 2 aliphatic heterocycles. The lowest BCUT2D eigenvalue weighted by atomic mass is 9.71. The second kappa shape index (κ2) is 15.5. The van der Waals surface area contributed by atoms with Gasteiger partial charge in [0.1, 0.15) is 18.8 Å². The van der Waals surface area contributed by atoms with E-state index in [1.807, 2.05) is 27.7 Å². The maximum Gasteiger partial charge on any atom is 0.349 e. The Kier molecular flexibility index (Phi) is 13.1. The van der Waals surface area contributed by atoms with Gasteiger partial charge in [-0.25, -0.2) is 9.59 Å². The number of hydroxylamine groups is 2. The van der Waals surface area contributed by atoms with Crippen molar-refractivity contribution in [2.75, 3.05) is 26.4 Å². The van der Waals surface area contributed by atoms with Crippen LogP contribution >= 0.6 is 0 Å². The Morgan fingerprint density at radius 2 is 1.33 bits per heavy atom. The van der Waals surface area contributed by atoms with Gasteiger partial charge in [-0.2, -0.15) is 5.06 Å². The predicted molar refractivity (Wildman–Crippen MR) is 150 cm³/mol. The molecule has 0 atom stereocenters. The van der Waals surface area contributed by atoms with Gasteiger partial charge in [0.2, 0.25) is 0 Å². The molecular formula is C30H50N2O7. The first-order chi connectivity index (χ1) is 18.5. The van der Waals surface area contributed by atoms with E-state index in [4.69, 9.17) is 19.0 Å². The smallest absolute Gasteiger partial charge is 0.349 e. The van der Waals surface area contributed by atoms with Crippen molar-refractivity contribution in [1.29, 1.82) is 0 Å². The number of nitrogens with zero attached hydrogens (tertiary/aromatic N) is 1. The number of amides is 1. The van der Waals surface area contributed by atoms with Gasteiger partial charge in [-0.1, -0.05) is 70.3 Å². The highest BCUT2D eigenvalue weighted by Crippen LogP contribution is 2.46. The quantitative estimate of drug-likeness (QED) is 0.261. The Morgan fingerprint density at radius 1 is 0.872 bits per heavy atom. The zero-order valence-electron chi connectivity index (χ0n) is 24.6. The molecule has 9 heteroatoms. The average molecular weight is 551 g/mol. The first-order valence-corrected chi connectivity index (χ1v) is 14.4. The SMILES string of the molecule is C=CCOC(=O)C(ON1C(C)(C)CC2(CC1(C)C)OCCCCCCCCCCCNC2=O)C(=O)OCC=C. The van der Waals surface area contributed by atoms with Crippen LogP contribution in [0.2, 0.25) is 0 Å². The normalized spacial score (nSPS) is 22.6. The minimum Gasteiger partial charge on any atom is -0.459 e. The predicted octanol–water partition coefficient (Wildman–Crippen LogP) is 4.79. The third-order valence-electron chi connectivity index (χ3n) is 7.26. The van der Waals surface area contributed by atoms with Crippen molar-refractivity contribution in [3.63, 3.8) is 0 Å². The molecule has 2 aliphatic rings. The highest BCUT2D eigenvalue weighted by molar-refractivity contribution is 5.98. The summed E-state index contributed by atoms with van der Waals surface area (Å²) < 4.78 is 16.8. The van der Waals surface area contributed by atoms with Gasteiger partial charge >= 0.3 is 11.9 Å². The second-order valence-electron chi connectivity index (χ2n) is 11.9. The van der Waals surface area contributed by atoms with E-state index in [2.05, 4.69) is 18.5 Å². The third kappa shape index (κ3) is 9.72. The van der Waals surface area contributed by atoms with Crippen molar-refractivity contribution in [3.8, 4) is 0 Å². The summed E-state index contributed by atoms with van der Waals surface area (Å²) in [5, 5.41) is 4.77. The van der Waals surface area contributed by atoms with Crippen molar-refractivity contribution < 1.29 is 33.4 Å². The molecule has 1 N–H and O–H groups in total. The van der Waals surface area contributed by atoms with Crippen LogP contribution in [0.15, 0.2) is 25.3 Å². The summed E-state index contributed by atoms with van der Waals surface area (Å²) in [6.07, 6.45) is 11.9. The number of ether oxygens (including phenoxy) is 3. The average Bonchev–Trinajstić information content (AvgIpc) is 2.87. The molecule has 222 valence electrons. The van der Waals surface area contributed by atoms with E-state index in [-0.39, 0.29) is 19.1 Å². The molecule has 2 fully saturated rings. The fraction of sp³-hybridized carbons (Fsp3) is 0.767. The molecule has 0 radical (unpaired) electrons. The topological polar surface area (TPSA) is 103 Å². The van der Waals surface area contributed by atoms with Crippen molar-refractivity contribution in [3.05, 3.63) is 25.3 Å². The molecule has 0 aromatic carbocycles. The van der Waals surface area contributed by atoms with E-state index in [0.717, 1.165) is 25.7 Å². The van der Waals surface area contributed by atoms with Gasteiger partial charge in [-0.05, 0) is 40.5 Å². The van der Waals surface area contributed by atoms with Gasteiger partial charge in [-0.3, -0.25) is 9.63 Å². The van der Waals surface area contributed by atoms with Crippen LogP contribution in [0.25, 0.3) is 0 Å². The Labute approximate surface area is 234 Å². The van der Waals surface area contributed by atoms with Crippen LogP contribution in [-0.2, 0) is 33.4 Å². The molecule has 0 aliphatic carbocycles. The molecule has 0 unspecified atom stereocenters. The third-order valence-corrected chi connectivity index (χ3v) is 7.26. The minimum atomic E-state index is -1.64. The second-order valence-corrected chi connectivity index (χ2v) is 11.9. The summed E-state index contributed by atoms with van der Waals surface area (Å²) in [7, 11) is 0. The van der Waals surface area contributed by atoms with E-state index in [1.54, 1.807) is 5.06 Å². The fourth-order valence-corrected chi connectivity index (χ4v) is 5.85. The Morgan fingerprint density at radius 3 is 1.82 bits per heavy atom. The van der Waals surface area contributed by atoms with Gasteiger partial charge in [0.25, 0.3) is 12.0 Å². The Bertz CT molecular complexity index is 797. The lowest BCUT2D eigenvalue weighted by Gasteiger charge is -2.57. The van der Waals surface area contributed by atoms with E-state index < -0.39 is 34.7 Å². The molecule has 0 saturated carbocycles. The summed E-state index contributed by atoms with van der Waals surface area (Å²) in [5.41, 5.74) is -2.66. The molecule has 0 aromatic heterocycles. The molecule has 2 saturated heterocycles. The molecule has 2 rings (SSSR count). The number of rotatable bonds is 8. The van der Waals surface area contributed by atoms with Crippen molar-refractivity contribution >= 4 is 17.8 Å². The zero-order valence-corrected chi connectivity index (χ0v) is 24.6. The van der Waals surface area contributed by atoms with Crippen LogP contribution in [0.5, 0.6) is 0 Å². The van der Waals surface area contributed by atoms with Gasteiger partial charge in [0.15, 0.2) is 0 Å². The monoisotopic (exact) mass is 550 g/mol. The molecular weight excluding hydrogens is 500 g/mol. The molecule has 39 heavy (non-hydrogen) atoms. The van der Waals surface area contributed by atoms with E-state index >= 15 is 0 Å². The maximum atomic E-state index is 13.7. The lowest BCUT2D eigenvalue weighted by molar-refractivity contribution is -0.320. The zero-order chi connectivity index (χ0) is 28.9. The first-order valence-electron chi connectivity index (χ1n) is 14.4. The highest BCUT2D eigenvalue weighted by Gasteiger charge is 2.58. The van der Waals surface area contributed by atoms with Crippen molar-refractivity contribution in [2.45, 2.75) is 121 Å². The fourth-order valence-electron chi connectivity index (χ4n) is 5.85. The van der Waals surface area contributed by atoms with Crippen molar-refractivity contribution in [2.24, 2.45) is 0 Å². The maximum absolute atomic E-state index is 13.7. The molecule has 0 bridgehead atoms. The molecule has 1 spiro atoms. The summed E-state index contributed by atoms with van der Waals surface area (Å²) in [4.78, 5) is 45.5. The largest absolute Gasteiger partial charge is 0.459 e. The van der Waals surface area contributed by atoms with Crippen LogP contribution < -0.4 is 5.32 Å². The van der Waals surface area contributed by atoms with Gasteiger partial charge in [0.05, 0.1) is 0 Å². The van der Waals surface area contributed by atoms with Crippen LogP contribution in [-0.4, -0.2) is 72.1 Å². The van der Waals surface area contributed by atoms with Crippen LogP contribution in [0.3, 0.4) is 0 Å². The summed E-state index contributed by atoms with van der Waals surface area (Å²) in [5.74, 6) is -1.87. The molecule has 1 amide bonds. The number of piperidine rings is 1. The lowest BCUT2D eigenvalue weighted by Crippen LogP contribution is -2.70. The number of carbonyl (C=O) groups is 3. The Hall–Kier alpha value is -2.23. The number of hydrogen-bond donors (Lipinski definition) is 1.